The van der Waals surface area contributed by atoms with E-state index < -0.39 is 0 Å². The highest BCUT2D eigenvalue weighted by Crippen LogP contribution is 2.29. The van der Waals surface area contributed by atoms with Crippen molar-refractivity contribution in [2.75, 3.05) is 17.3 Å². The van der Waals surface area contributed by atoms with E-state index >= 15 is 0 Å². The number of halogens is 1. The fourth-order valence-electron chi connectivity index (χ4n) is 1.97. The van der Waals surface area contributed by atoms with Crippen LogP contribution in [0.15, 0.2) is 0 Å². The van der Waals surface area contributed by atoms with Gasteiger partial charge in [0.05, 0.1) is 11.4 Å². The van der Waals surface area contributed by atoms with E-state index in [1.54, 1.807) is 0 Å². The predicted octanol–water partition coefficient (Wildman–Crippen LogP) is 2.20. The third-order valence-corrected chi connectivity index (χ3v) is 3.24. The van der Waals surface area contributed by atoms with E-state index in [1.165, 1.54) is 12.8 Å². The van der Waals surface area contributed by atoms with Gasteiger partial charge >= 0.3 is 0 Å². The van der Waals surface area contributed by atoms with E-state index in [-0.39, 0.29) is 0 Å². The normalized spacial score (nSPS) is 15.0. The van der Waals surface area contributed by atoms with Crippen molar-refractivity contribution >= 4 is 17.5 Å². The summed E-state index contributed by atoms with van der Waals surface area (Å²) in [5.41, 5.74) is 2.08. The Morgan fingerprint density at radius 2 is 1.88 bits per heavy atom. The lowest BCUT2D eigenvalue weighted by molar-refractivity contribution is 0.736. The molecule has 0 atom stereocenters. The maximum absolute atomic E-state index is 5.83. The third kappa shape index (κ3) is 2.86. The largest absolute Gasteiger partial charge is 0.335 e. The van der Waals surface area contributed by atoms with Gasteiger partial charge < -0.3 is 4.90 Å². The van der Waals surface area contributed by atoms with Crippen molar-refractivity contribution < 1.29 is 0 Å². The molecule has 0 saturated heterocycles. The SMILES string of the molecule is CCc1nnc(N(CCCl)C2CC2)nc1CC. The van der Waals surface area contributed by atoms with Gasteiger partial charge in [-0.05, 0) is 25.7 Å². The molecule has 1 fully saturated rings. The number of aryl methyl sites for hydroxylation is 2. The first kappa shape index (κ1) is 12.6. The van der Waals surface area contributed by atoms with Crippen LogP contribution in [-0.2, 0) is 12.8 Å². The average Bonchev–Trinajstić information content (AvgIpc) is 3.19. The quantitative estimate of drug-likeness (QED) is 0.730. The van der Waals surface area contributed by atoms with E-state index in [4.69, 9.17) is 11.6 Å². The van der Waals surface area contributed by atoms with Crippen LogP contribution in [0.2, 0.25) is 0 Å². The van der Waals surface area contributed by atoms with Gasteiger partial charge in [0.25, 0.3) is 0 Å². The van der Waals surface area contributed by atoms with E-state index in [1.807, 2.05) is 0 Å². The minimum atomic E-state index is 0.577. The summed E-state index contributed by atoms with van der Waals surface area (Å²) in [5, 5.41) is 8.53. The Kier molecular flexibility index (Phi) is 4.15. The topological polar surface area (TPSA) is 41.9 Å². The van der Waals surface area contributed by atoms with Gasteiger partial charge in [0.1, 0.15) is 0 Å². The molecule has 0 aliphatic heterocycles. The van der Waals surface area contributed by atoms with E-state index in [0.717, 1.165) is 36.7 Å². The summed E-state index contributed by atoms with van der Waals surface area (Å²) in [6.07, 6.45) is 4.24. The lowest BCUT2D eigenvalue weighted by Gasteiger charge is -2.21. The van der Waals surface area contributed by atoms with Crippen molar-refractivity contribution in [1.29, 1.82) is 0 Å². The van der Waals surface area contributed by atoms with Crippen LogP contribution >= 0.6 is 11.6 Å². The third-order valence-electron chi connectivity index (χ3n) is 3.07. The Morgan fingerprint density at radius 3 is 2.41 bits per heavy atom. The van der Waals surface area contributed by atoms with Crippen molar-refractivity contribution in [2.24, 2.45) is 0 Å². The second-order valence-electron chi connectivity index (χ2n) is 4.33. The highest BCUT2D eigenvalue weighted by atomic mass is 35.5. The molecule has 0 unspecified atom stereocenters. The van der Waals surface area contributed by atoms with Crippen molar-refractivity contribution in [3.63, 3.8) is 0 Å². The molecule has 0 N–H and O–H groups in total. The molecule has 1 aromatic heterocycles. The van der Waals surface area contributed by atoms with Gasteiger partial charge in [0.2, 0.25) is 5.95 Å². The number of anilines is 1. The summed E-state index contributed by atoms with van der Waals surface area (Å²) in [5.74, 6) is 1.36. The second kappa shape index (κ2) is 5.63. The molecular formula is C12H19ClN4. The zero-order valence-electron chi connectivity index (χ0n) is 10.5. The molecule has 1 aromatic rings. The van der Waals surface area contributed by atoms with Gasteiger partial charge in [-0.25, -0.2) is 4.98 Å². The molecule has 0 spiro atoms. The van der Waals surface area contributed by atoms with Gasteiger partial charge in [-0.2, -0.15) is 5.10 Å². The van der Waals surface area contributed by atoms with Crippen LogP contribution < -0.4 is 4.90 Å². The molecule has 0 amide bonds. The number of nitrogens with zero attached hydrogens (tertiary/aromatic N) is 4. The molecule has 1 aliphatic carbocycles. The summed E-state index contributed by atoms with van der Waals surface area (Å²) in [4.78, 5) is 6.83. The minimum Gasteiger partial charge on any atom is -0.335 e. The first-order valence-corrected chi connectivity index (χ1v) is 6.88. The molecule has 0 radical (unpaired) electrons. The zero-order chi connectivity index (χ0) is 12.3. The smallest absolute Gasteiger partial charge is 0.245 e. The number of hydrogen-bond acceptors (Lipinski definition) is 4. The first-order chi connectivity index (χ1) is 8.30. The zero-order valence-corrected chi connectivity index (χ0v) is 11.2. The molecule has 1 aliphatic rings. The van der Waals surface area contributed by atoms with Gasteiger partial charge in [-0.15, -0.1) is 16.7 Å². The molecular weight excluding hydrogens is 236 g/mol. The molecule has 5 heteroatoms. The summed E-state index contributed by atoms with van der Waals surface area (Å²) >= 11 is 5.83. The molecule has 2 rings (SSSR count). The maximum atomic E-state index is 5.83. The Bertz CT molecular complexity index is 379. The standard InChI is InChI=1S/C12H19ClN4/c1-3-10-11(4-2)15-16-12(14-10)17(8-7-13)9-5-6-9/h9H,3-8H2,1-2H3. The van der Waals surface area contributed by atoms with Crippen molar-refractivity contribution in [3.05, 3.63) is 11.4 Å². The van der Waals surface area contributed by atoms with Gasteiger partial charge in [0, 0.05) is 18.5 Å². The van der Waals surface area contributed by atoms with Crippen LogP contribution in [0, 0.1) is 0 Å². The Hall–Kier alpha value is -0.900. The average molecular weight is 255 g/mol. The van der Waals surface area contributed by atoms with Crippen LogP contribution in [0.5, 0.6) is 0 Å². The van der Waals surface area contributed by atoms with Crippen LogP contribution in [-0.4, -0.2) is 33.6 Å². The van der Waals surface area contributed by atoms with Crippen LogP contribution in [0.4, 0.5) is 5.95 Å². The molecule has 17 heavy (non-hydrogen) atoms. The van der Waals surface area contributed by atoms with E-state index in [9.17, 15) is 0 Å². The summed E-state index contributed by atoms with van der Waals surface area (Å²) in [7, 11) is 0. The van der Waals surface area contributed by atoms with Crippen molar-refractivity contribution in [3.8, 4) is 0 Å². The highest BCUT2D eigenvalue weighted by molar-refractivity contribution is 6.18. The molecule has 0 bridgehead atoms. The van der Waals surface area contributed by atoms with E-state index in [0.29, 0.717) is 11.9 Å². The second-order valence-corrected chi connectivity index (χ2v) is 4.70. The first-order valence-electron chi connectivity index (χ1n) is 6.35. The van der Waals surface area contributed by atoms with Crippen LogP contribution in [0.3, 0.4) is 0 Å². The van der Waals surface area contributed by atoms with Crippen molar-refractivity contribution in [2.45, 2.75) is 45.6 Å². The predicted molar refractivity (Wildman–Crippen MR) is 69.7 cm³/mol. The van der Waals surface area contributed by atoms with Crippen LogP contribution in [0.1, 0.15) is 38.1 Å². The summed E-state index contributed by atoms with van der Waals surface area (Å²) in [6.45, 7) is 5.00. The molecule has 0 aromatic carbocycles. The maximum Gasteiger partial charge on any atom is 0.245 e. The monoisotopic (exact) mass is 254 g/mol. The fraction of sp³-hybridized carbons (Fsp3) is 0.750. The summed E-state index contributed by atoms with van der Waals surface area (Å²) < 4.78 is 0. The van der Waals surface area contributed by atoms with Gasteiger partial charge in [0.15, 0.2) is 0 Å². The number of rotatable bonds is 6. The Labute approximate surface area is 107 Å². The fourth-order valence-corrected chi connectivity index (χ4v) is 2.16. The Morgan fingerprint density at radius 1 is 1.18 bits per heavy atom. The molecule has 1 heterocycles. The van der Waals surface area contributed by atoms with Crippen molar-refractivity contribution in [1.82, 2.24) is 15.2 Å². The lowest BCUT2D eigenvalue weighted by Crippen LogP contribution is -2.30. The molecule has 1 saturated carbocycles. The number of aromatic nitrogens is 3. The number of alkyl halides is 1. The molecule has 4 nitrogen and oxygen atoms in total. The minimum absolute atomic E-state index is 0.577. The van der Waals surface area contributed by atoms with Crippen LogP contribution in [0.25, 0.3) is 0 Å². The Balaban J connectivity index is 2.24. The number of hydrogen-bond donors (Lipinski definition) is 0. The van der Waals surface area contributed by atoms with E-state index in [2.05, 4.69) is 33.9 Å². The lowest BCUT2D eigenvalue weighted by atomic mass is 10.2. The van der Waals surface area contributed by atoms with Gasteiger partial charge in [-0.3, -0.25) is 0 Å². The van der Waals surface area contributed by atoms with Gasteiger partial charge in [-0.1, -0.05) is 13.8 Å². The molecule has 94 valence electrons. The highest BCUT2D eigenvalue weighted by Gasteiger charge is 2.30. The summed E-state index contributed by atoms with van der Waals surface area (Å²) in [6, 6.07) is 0.577.